The Morgan fingerprint density at radius 1 is 1.33 bits per heavy atom. The fraction of sp³-hybridized carbons (Fsp3) is 0.368. The van der Waals surface area contributed by atoms with E-state index in [1.807, 2.05) is 29.5 Å². The van der Waals surface area contributed by atoms with E-state index in [1.165, 1.54) is 15.3 Å². The number of thiophene rings is 1. The van der Waals surface area contributed by atoms with E-state index in [0.717, 1.165) is 18.5 Å². The lowest BCUT2D eigenvalue weighted by molar-refractivity contribution is -0.954. The Kier molecular flexibility index (Phi) is 5.03. The third kappa shape index (κ3) is 3.40. The van der Waals surface area contributed by atoms with Gasteiger partial charge in [0, 0.05) is 22.9 Å². The van der Waals surface area contributed by atoms with Crippen molar-refractivity contribution in [2.24, 2.45) is 0 Å². The first kappa shape index (κ1) is 18.2. The summed E-state index contributed by atoms with van der Waals surface area (Å²) in [5.41, 5.74) is 2.19. The molecule has 3 heterocycles. The standard InChI is InChI=1S/C19H21N3O3S2/c1-12-14-7-9-27-17(14)6-8-21(12)11-22-19(26)25-18(20-22)15-5-4-13(23-2)10-16(15)24-3/h4-5,7,9-10,12H,6,8,11H2,1-3H3/p+1/t12-/m1/s1. The molecule has 0 saturated heterocycles. The highest BCUT2D eigenvalue weighted by Crippen LogP contribution is 2.32. The number of nitrogens with one attached hydrogen (secondary N) is 1. The lowest BCUT2D eigenvalue weighted by Gasteiger charge is -2.29. The van der Waals surface area contributed by atoms with Crippen molar-refractivity contribution >= 4 is 23.6 Å². The zero-order valence-electron chi connectivity index (χ0n) is 15.5. The lowest BCUT2D eigenvalue weighted by atomic mass is 10.0. The van der Waals surface area contributed by atoms with Gasteiger partial charge in [-0.1, -0.05) is 0 Å². The summed E-state index contributed by atoms with van der Waals surface area (Å²) in [4.78, 5) is 3.30. The molecule has 0 fully saturated rings. The van der Waals surface area contributed by atoms with Crippen LogP contribution in [0, 0.1) is 4.84 Å². The van der Waals surface area contributed by atoms with Crippen LogP contribution in [0.15, 0.2) is 34.1 Å². The van der Waals surface area contributed by atoms with Crippen LogP contribution in [-0.4, -0.2) is 30.5 Å². The molecule has 142 valence electrons. The molecule has 8 heteroatoms. The molecule has 1 aliphatic heterocycles. The first-order valence-corrected chi connectivity index (χ1v) is 10.1. The normalized spacial score (nSPS) is 18.9. The van der Waals surface area contributed by atoms with Gasteiger partial charge < -0.3 is 18.8 Å². The van der Waals surface area contributed by atoms with E-state index < -0.39 is 0 Å². The van der Waals surface area contributed by atoms with Crippen LogP contribution in [0.1, 0.15) is 23.4 Å². The Labute approximate surface area is 166 Å². The zero-order valence-corrected chi connectivity index (χ0v) is 17.2. The maximum atomic E-state index is 5.78. The van der Waals surface area contributed by atoms with E-state index in [0.29, 0.717) is 34.9 Å². The topological polar surface area (TPSA) is 53.9 Å². The van der Waals surface area contributed by atoms with E-state index in [2.05, 4.69) is 23.5 Å². The minimum absolute atomic E-state index is 0.374. The Balaban J connectivity index is 1.60. The molecule has 0 radical (unpaired) electrons. The van der Waals surface area contributed by atoms with Gasteiger partial charge in [0.2, 0.25) is 0 Å². The number of rotatable bonds is 5. The van der Waals surface area contributed by atoms with E-state index >= 15 is 0 Å². The number of hydrogen-bond acceptors (Lipinski definition) is 6. The predicted octanol–water partition coefficient (Wildman–Crippen LogP) is 3.11. The van der Waals surface area contributed by atoms with Crippen LogP contribution in [0.2, 0.25) is 0 Å². The quantitative estimate of drug-likeness (QED) is 0.662. The van der Waals surface area contributed by atoms with Crippen molar-refractivity contribution in [3.8, 4) is 23.0 Å². The molecule has 0 amide bonds. The van der Waals surface area contributed by atoms with Gasteiger partial charge in [-0.2, -0.15) is 4.68 Å². The van der Waals surface area contributed by atoms with Crippen LogP contribution < -0.4 is 14.4 Å². The minimum atomic E-state index is 0.374. The SMILES string of the molecule is COc1ccc(-c2nn(C[NH+]3CCc4sccc4[C@H]3C)c(=S)o2)c(OC)c1. The molecule has 0 bridgehead atoms. The Morgan fingerprint density at radius 3 is 2.96 bits per heavy atom. The van der Waals surface area contributed by atoms with Crippen molar-refractivity contribution in [3.05, 3.63) is 44.9 Å². The predicted molar refractivity (Wildman–Crippen MR) is 106 cm³/mol. The van der Waals surface area contributed by atoms with Crippen LogP contribution in [0.5, 0.6) is 11.5 Å². The molecule has 1 aromatic carbocycles. The highest BCUT2D eigenvalue weighted by molar-refractivity contribution is 7.71. The van der Waals surface area contributed by atoms with Gasteiger partial charge in [0.15, 0.2) is 6.67 Å². The summed E-state index contributed by atoms with van der Waals surface area (Å²) in [6.07, 6.45) is 1.09. The van der Waals surface area contributed by atoms with Gasteiger partial charge in [-0.25, -0.2) is 0 Å². The Hall–Kier alpha value is -2.16. The number of hydrogen-bond donors (Lipinski definition) is 1. The molecule has 6 nitrogen and oxygen atoms in total. The lowest BCUT2D eigenvalue weighted by Crippen LogP contribution is -3.12. The molecule has 0 aliphatic carbocycles. The number of quaternary nitrogens is 1. The highest BCUT2D eigenvalue weighted by atomic mass is 32.1. The van der Waals surface area contributed by atoms with Crippen molar-refractivity contribution in [1.29, 1.82) is 0 Å². The van der Waals surface area contributed by atoms with Gasteiger partial charge in [0.1, 0.15) is 17.5 Å². The third-order valence-electron chi connectivity index (χ3n) is 5.13. The molecule has 1 N–H and O–H groups in total. The van der Waals surface area contributed by atoms with Crippen LogP contribution in [0.25, 0.3) is 11.5 Å². The molecule has 4 rings (SSSR count). The van der Waals surface area contributed by atoms with Gasteiger partial charge in [-0.3, -0.25) is 0 Å². The maximum Gasteiger partial charge on any atom is 0.292 e. The zero-order chi connectivity index (χ0) is 19.0. The molecule has 0 spiro atoms. The molecule has 0 saturated carbocycles. The van der Waals surface area contributed by atoms with E-state index in [-0.39, 0.29) is 0 Å². The Bertz CT molecular complexity index is 1010. The fourth-order valence-corrected chi connectivity index (χ4v) is 4.71. The molecule has 27 heavy (non-hydrogen) atoms. The molecular weight excluding hydrogens is 382 g/mol. The average Bonchev–Trinajstić information content (AvgIpc) is 3.30. The fourth-order valence-electron chi connectivity index (χ4n) is 3.55. The van der Waals surface area contributed by atoms with Crippen LogP contribution in [-0.2, 0) is 13.1 Å². The van der Waals surface area contributed by atoms with Gasteiger partial charge in [0.05, 0.1) is 26.3 Å². The molecule has 3 aromatic rings. The van der Waals surface area contributed by atoms with Gasteiger partial charge in [-0.15, -0.1) is 16.4 Å². The van der Waals surface area contributed by atoms with Crippen molar-refractivity contribution in [2.75, 3.05) is 20.8 Å². The van der Waals surface area contributed by atoms with Crippen LogP contribution in [0.3, 0.4) is 0 Å². The van der Waals surface area contributed by atoms with Gasteiger partial charge in [0.25, 0.3) is 10.7 Å². The molecule has 2 atom stereocenters. The Morgan fingerprint density at radius 2 is 2.19 bits per heavy atom. The first-order valence-electron chi connectivity index (χ1n) is 8.82. The molecular formula is C19H22N3O3S2+. The number of ether oxygens (including phenoxy) is 2. The number of benzene rings is 1. The van der Waals surface area contributed by atoms with Crippen molar-refractivity contribution in [3.63, 3.8) is 0 Å². The summed E-state index contributed by atoms with van der Waals surface area (Å²) in [5, 5.41) is 6.80. The molecule has 1 aliphatic rings. The summed E-state index contributed by atoms with van der Waals surface area (Å²) in [6.45, 7) is 4.00. The van der Waals surface area contributed by atoms with Crippen LogP contribution in [0.4, 0.5) is 0 Å². The average molecular weight is 405 g/mol. The monoisotopic (exact) mass is 404 g/mol. The van der Waals surface area contributed by atoms with E-state index in [1.54, 1.807) is 18.9 Å². The number of fused-ring (bicyclic) bond motifs is 1. The second-order valence-corrected chi connectivity index (χ2v) is 7.93. The van der Waals surface area contributed by atoms with E-state index in [9.17, 15) is 0 Å². The smallest absolute Gasteiger partial charge is 0.292 e. The van der Waals surface area contributed by atoms with Crippen molar-refractivity contribution in [1.82, 2.24) is 9.78 Å². The van der Waals surface area contributed by atoms with Crippen LogP contribution >= 0.6 is 23.6 Å². The molecule has 2 aromatic heterocycles. The second-order valence-electron chi connectivity index (χ2n) is 6.58. The largest absolute Gasteiger partial charge is 0.497 e. The summed E-state index contributed by atoms with van der Waals surface area (Å²) in [7, 11) is 3.23. The first-order chi connectivity index (χ1) is 13.1. The van der Waals surface area contributed by atoms with Crippen molar-refractivity contribution < 1.29 is 18.8 Å². The summed E-state index contributed by atoms with van der Waals surface area (Å²) >= 11 is 7.28. The third-order valence-corrected chi connectivity index (χ3v) is 6.42. The number of methoxy groups -OCH3 is 2. The van der Waals surface area contributed by atoms with Crippen molar-refractivity contribution in [2.45, 2.75) is 26.1 Å². The van der Waals surface area contributed by atoms with Gasteiger partial charge >= 0.3 is 0 Å². The van der Waals surface area contributed by atoms with E-state index in [4.69, 9.17) is 26.1 Å². The summed E-state index contributed by atoms with van der Waals surface area (Å²) < 4.78 is 18.3. The number of aromatic nitrogens is 2. The summed E-state index contributed by atoms with van der Waals surface area (Å²) in [5.74, 6) is 1.81. The number of nitrogens with zero attached hydrogens (tertiary/aromatic N) is 2. The maximum absolute atomic E-state index is 5.78. The summed E-state index contributed by atoms with van der Waals surface area (Å²) in [6, 6.07) is 8.18. The van der Waals surface area contributed by atoms with Gasteiger partial charge in [-0.05, 0) is 42.7 Å². The highest BCUT2D eigenvalue weighted by Gasteiger charge is 2.29. The minimum Gasteiger partial charge on any atom is -0.497 e. The second kappa shape index (κ2) is 7.46. The molecule has 1 unspecified atom stereocenters.